The summed E-state index contributed by atoms with van der Waals surface area (Å²) in [4.78, 5) is 1.98. The minimum absolute atomic E-state index is 0.0870. The molecular formula is C16H17FN2O4S. The lowest BCUT2D eigenvalue weighted by molar-refractivity contribution is 0.310. The predicted octanol–water partition coefficient (Wildman–Crippen LogP) is 2.55. The van der Waals surface area contributed by atoms with Gasteiger partial charge in [0.05, 0.1) is 24.8 Å². The first-order chi connectivity index (χ1) is 11.5. The minimum Gasteiger partial charge on any atom is -0.492 e. The molecule has 128 valence electrons. The van der Waals surface area contributed by atoms with Crippen molar-refractivity contribution >= 4 is 16.2 Å². The molecule has 0 saturated carbocycles. The zero-order valence-electron chi connectivity index (χ0n) is 13.2. The van der Waals surface area contributed by atoms with Crippen LogP contribution in [0.15, 0.2) is 52.5 Å². The highest BCUT2D eigenvalue weighted by atomic mass is 32.2. The van der Waals surface area contributed by atoms with Crippen molar-refractivity contribution in [3.63, 3.8) is 0 Å². The molecule has 0 heterocycles. The Kier molecular flexibility index (Phi) is 5.75. The topological polar surface area (TPSA) is 77.0 Å². The van der Waals surface area contributed by atoms with Crippen LogP contribution in [0, 0.1) is 5.82 Å². The van der Waals surface area contributed by atoms with E-state index in [9.17, 15) is 12.8 Å². The number of hydrazone groups is 1. The highest BCUT2D eigenvalue weighted by Gasteiger charge is 2.13. The summed E-state index contributed by atoms with van der Waals surface area (Å²) >= 11 is 0. The molecule has 6 nitrogen and oxygen atoms in total. The summed E-state index contributed by atoms with van der Waals surface area (Å²) in [7, 11) is -2.39. The molecule has 0 unspecified atom stereocenters. The average molecular weight is 352 g/mol. The summed E-state index contributed by atoms with van der Waals surface area (Å²) in [5.41, 5.74) is 0.547. The van der Waals surface area contributed by atoms with Crippen LogP contribution in [-0.2, 0) is 10.0 Å². The molecule has 1 N–H and O–H groups in total. The summed E-state index contributed by atoms with van der Waals surface area (Å²) in [5.74, 6) is 0.462. The van der Waals surface area contributed by atoms with Gasteiger partial charge in [0.15, 0.2) is 11.5 Å². The maximum atomic E-state index is 12.9. The number of nitrogens with one attached hydrogen (secondary N) is 1. The Hall–Kier alpha value is -2.61. The van der Waals surface area contributed by atoms with Crippen molar-refractivity contribution in [1.82, 2.24) is 4.83 Å². The van der Waals surface area contributed by atoms with Crippen LogP contribution in [0.1, 0.15) is 12.5 Å². The van der Waals surface area contributed by atoms with Crippen LogP contribution in [0.2, 0.25) is 0 Å². The lowest BCUT2D eigenvalue weighted by Crippen LogP contribution is -2.18. The smallest absolute Gasteiger partial charge is 0.276 e. The molecule has 0 atom stereocenters. The highest BCUT2D eigenvalue weighted by Crippen LogP contribution is 2.29. The zero-order valence-corrected chi connectivity index (χ0v) is 14.0. The Morgan fingerprint density at radius 2 is 1.92 bits per heavy atom. The number of hydrogen-bond donors (Lipinski definition) is 1. The molecule has 0 aliphatic heterocycles. The van der Waals surface area contributed by atoms with E-state index in [0.717, 1.165) is 24.3 Å². The third-order valence-electron chi connectivity index (χ3n) is 3.01. The van der Waals surface area contributed by atoms with Gasteiger partial charge in [-0.05, 0) is 43.3 Å². The molecule has 0 aliphatic carbocycles. The van der Waals surface area contributed by atoms with Gasteiger partial charge < -0.3 is 9.47 Å². The number of ether oxygens (including phenoxy) is 2. The Morgan fingerprint density at radius 1 is 1.21 bits per heavy atom. The maximum Gasteiger partial charge on any atom is 0.276 e. The fraction of sp³-hybridized carbons (Fsp3) is 0.188. The van der Waals surface area contributed by atoms with Gasteiger partial charge in [-0.3, -0.25) is 0 Å². The van der Waals surface area contributed by atoms with E-state index in [2.05, 4.69) is 9.93 Å². The number of methoxy groups -OCH3 is 1. The lowest BCUT2D eigenvalue weighted by atomic mass is 10.2. The monoisotopic (exact) mass is 352 g/mol. The number of nitrogens with zero attached hydrogens (tertiary/aromatic N) is 1. The van der Waals surface area contributed by atoms with Crippen LogP contribution in [0.5, 0.6) is 11.5 Å². The summed E-state index contributed by atoms with van der Waals surface area (Å²) in [6.45, 7) is 2.31. The minimum atomic E-state index is -3.87. The zero-order chi connectivity index (χ0) is 17.6. The number of halogens is 1. The molecule has 0 amide bonds. The second-order valence-electron chi connectivity index (χ2n) is 4.62. The molecule has 0 fully saturated rings. The molecule has 0 spiro atoms. The third kappa shape index (κ3) is 4.23. The van der Waals surface area contributed by atoms with Gasteiger partial charge in [-0.2, -0.15) is 13.5 Å². The van der Waals surface area contributed by atoms with Crippen molar-refractivity contribution in [2.75, 3.05) is 13.7 Å². The summed E-state index contributed by atoms with van der Waals surface area (Å²) in [5, 5.41) is 3.73. The van der Waals surface area contributed by atoms with Crippen molar-refractivity contribution in [2.24, 2.45) is 5.10 Å². The lowest BCUT2D eigenvalue weighted by Gasteiger charge is -2.11. The van der Waals surface area contributed by atoms with E-state index in [1.54, 1.807) is 18.2 Å². The largest absolute Gasteiger partial charge is 0.492 e. The van der Waals surface area contributed by atoms with E-state index in [-0.39, 0.29) is 4.90 Å². The highest BCUT2D eigenvalue weighted by molar-refractivity contribution is 7.89. The molecule has 8 heteroatoms. The fourth-order valence-corrected chi connectivity index (χ4v) is 2.75. The van der Waals surface area contributed by atoms with Gasteiger partial charge in [0.25, 0.3) is 10.0 Å². The Balaban J connectivity index is 2.19. The van der Waals surface area contributed by atoms with E-state index in [4.69, 9.17) is 9.47 Å². The number of sulfonamides is 1. The molecule has 24 heavy (non-hydrogen) atoms. The van der Waals surface area contributed by atoms with Gasteiger partial charge in [-0.1, -0.05) is 6.07 Å². The fourth-order valence-electron chi connectivity index (χ4n) is 1.95. The molecule has 0 radical (unpaired) electrons. The first-order valence-electron chi connectivity index (χ1n) is 7.08. The molecule has 0 aromatic heterocycles. The molecular weight excluding hydrogens is 335 g/mol. The second-order valence-corrected chi connectivity index (χ2v) is 6.28. The van der Waals surface area contributed by atoms with E-state index >= 15 is 0 Å². The van der Waals surface area contributed by atoms with E-state index in [1.165, 1.54) is 13.3 Å². The molecule has 2 aromatic rings. The maximum absolute atomic E-state index is 12.9. The van der Waals surface area contributed by atoms with Crippen LogP contribution < -0.4 is 14.3 Å². The molecule has 2 aromatic carbocycles. The number of para-hydroxylation sites is 1. The van der Waals surface area contributed by atoms with Crippen molar-refractivity contribution in [3.8, 4) is 11.5 Å². The van der Waals surface area contributed by atoms with E-state index in [0.29, 0.717) is 23.7 Å². The standard InChI is InChI=1S/C16H17FN2O4S/c1-3-23-15-6-4-5-12(16(15)22-2)11-18-19-24(20,21)14-9-7-13(17)8-10-14/h4-11,19H,3H2,1-2H3/b18-11+. The van der Waals surface area contributed by atoms with Crippen molar-refractivity contribution in [1.29, 1.82) is 0 Å². The average Bonchev–Trinajstić information content (AvgIpc) is 2.55. The van der Waals surface area contributed by atoms with Gasteiger partial charge in [-0.15, -0.1) is 0 Å². The molecule has 0 saturated heterocycles. The molecule has 0 bridgehead atoms. The van der Waals surface area contributed by atoms with E-state index < -0.39 is 15.8 Å². The number of hydrogen-bond acceptors (Lipinski definition) is 5. The van der Waals surface area contributed by atoms with Gasteiger partial charge in [-0.25, -0.2) is 9.22 Å². The van der Waals surface area contributed by atoms with Crippen LogP contribution in [0.4, 0.5) is 4.39 Å². The van der Waals surface area contributed by atoms with Gasteiger partial charge in [0.1, 0.15) is 5.82 Å². The summed E-state index contributed by atoms with van der Waals surface area (Å²) in [6, 6.07) is 9.62. The Bertz CT molecular complexity index is 820. The van der Waals surface area contributed by atoms with Gasteiger partial charge in [0, 0.05) is 5.56 Å². The molecule has 0 aliphatic rings. The van der Waals surface area contributed by atoms with Gasteiger partial charge >= 0.3 is 0 Å². The normalized spacial score (nSPS) is 11.5. The van der Waals surface area contributed by atoms with Crippen molar-refractivity contribution in [3.05, 3.63) is 53.8 Å². The summed E-state index contributed by atoms with van der Waals surface area (Å²) in [6.07, 6.45) is 1.31. The quantitative estimate of drug-likeness (QED) is 0.614. The van der Waals surface area contributed by atoms with Crippen molar-refractivity contribution in [2.45, 2.75) is 11.8 Å². The SMILES string of the molecule is CCOc1cccc(/C=N/NS(=O)(=O)c2ccc(F)cc2)c1OC. The Labute approximate surface area is 140 Å². The first kappa shape index (κ1) is 17.7. The summed E-state index contributed by atoms with van der Waals surface area (Å²) < 4.78 is 47.7. The van der Waals surface area contributed by atoms with E-state index in [1.807, 2.05) is 6.92 Å². The van der Waals surface area contributed by atoms with Crippen LogP contribution in [0.3, 0.4) is 0 Å². The van der Waals surface area contributed by atoms with Crippen LogP contribution in [0.25, 0.3) is 0 Å². The Morgan fingerprint density at radius 3 is 2.54 bits per heavy atom. The predicted molar refractivity (Wildman–Crippen MR) is 88.5 cm³/mol. The number of rotatable bonds is 7. The van der Waals surface area contributed by atoms with Crippen molar-refractivity contribution < 1.29 is 22.3 Å². The third-order valence-corrected chi connectivity index (χ3v) is 4.25. The number of benzene rings is 2. The van der Waals surface area contributed by atoms with Crippen LogP contribution >= 0.6 is 0 Å². The molecule has 2 rings (SSSR count). The van der Waals surface area contributed by atoms with Gasteiger partial charge in [0.2, 0.25) is 0 Å². The van der Waals surface area contributed by atoms with Crippen LogP contribution in [-0.4, -0.2) is 28.3 Å². The second kappa shape index (κ2) is 7.78. The first-order valence-corrected chi connectivity index (χ1v) is 8.56.